The highest BCUT2D eigenvalue weighted by atomic mass is 35.5. The third kappa shape index (κ3) is 3.04. The molecule has 3 nitrogen and oxygen atoms in total. The Morgan fingerprint density at radius 3 is 2.65 bits per heavy atom. The van der Waals surface area contributed by atoms with Crippen molar-refractivity contribution in [2.75, 3.05) is 5.32 Å². The Hall–Kier alpha value is -1.75. The number of benzene rings is 1. The van der Waals surface area contributed by atoms with E-state index in [4.69, 9.17) is 11.6 Å². The molecule has 1 heterocycles. The number of halogens is 3. The predicted octanol–water partition coefficient (Wildman–Crippen LogP) is 3.90. The Morgan fingerprint density at radius 2 is 1.95 bits per heavy atom. The quantitative estimate of drug-likeness (QED) is 0.869. The molecule has 1 aromatic carbocycles. The zero-order valence-corrected chi connectivity index (χ0v) is 11.3. The van der Waals surface area contributed by atoms with E-state index in [9.17, 15) is 8.78 Å². The zero-order chi connectivity index (χ0) is 14.1. The molecular formula is C14H12ClF2N3. The number of nitrogens with zero attached hydrogens (tertiary/aromatic N) is 2. The van der Waals surface area contributed by atoms with Crippen LogP contribution in [0.2, 0.25) is 5.15 Å². The number of anilines is 1. The predicted molar refractivity (Wildman–Crippen MR) is 72.7 cm³/mol. The molecule has 0 spiro atoms. The van der Waals surface area contributed by atoms with Gasteiger partial charge in [0.25, 0.3) is 0 Å². The van der Waals surface area contributed by atoms with Crippen LogP contribution in [0.5, 0.6) is 0 Å². The van der Waals surface area contributed by atoms with E-state index in [-0.39, 0.29) is 0 Å². The molecule has 0 atom stereocenters. The van der Waals surface area contributed by atoms with E-state index in [0.717, 1.165) is 30.8 Å². The lowest BCUT2D eigenvalue weighted by atomic mass is 10.2. The van der Waals surface area contributed by atoms with Gasteiger partial charge in [0.1, 0.15) is 16.8 Å². The number of hydrogen-bond acceptors (Lipinski definition) is 3. The van der Waals surface area contributed by atoms with Gasteiger partial charge in [-0.15, -0.1) is 0 Å². The van der Waals surface area contributed by atoms with E-state index in [0.29, 0.717) is 29.0 Å². The molecule has 1 aromatic heterocycles. The molecule has 6 heteroatoms. The van der Waals surface area contributed by atoms with Crippen molar-refractivity contribution in [1.29, 1.82) is 0 Å². The molecule has 3 rings (SSSR count). The average Bonchev–Trinajstić information content (AvgIpc) is 3.24. The highest BCUT2D eigenvalue weighted by molar-refractivity contribution is 6.29. The first kappa shape index (κ1) is 13.2. The summed E-state index contributed by atoms with van der Waals surface area (Å²) in [6.07, 6.45) is 2.17. The molecular weight excluding hydrogens is 284 g/mol. The summed E-state index contributed by atoms with van der Waals surface area (Å²) in [5, 5.41) is 3.43. The first-order chi connectivity index (χ1) is 9.61. The van der Waals surface area contributed by atoms with E-state index in [1.807, 2.05) is 0 Å². The molecule has 104 valence electrons. The van der Waals surface area contributed by atoms with Crippen LogP contribution < -0.4 is 5.32 Å². The molecule has 1 aliphatic carbocycles. The van der Waals surface area contributed by atoms with E-state index in [1.165, 1.54) is 6.07 Å². The second kappa shape index (κ2) is 5.32. The van der Waals surface area contributed by atoms with Crippen molar-refractivity contribution >= 4 is 17.4 Å². The molecule has 1 saturated carbocycles. The van der Waals surface area contributed by atoms with Crippen LogP contribution in [0.1, 0.15) is 30.1 Å². The number of aromatic nitrogens is 2. The van der Waals surface area contributed by atoms with Gasteiger partial charge in [0.15, 0.2) is 11.6 Å². The van der Waals surface area contributed by atoms with Crippen LogP contribution in [0.15, 0.2) is 24.3 Å². The summed E-state index contributed by atoms with van der Waals surface area (Å²) in [6, 6.07) is 5.41. The highest BCUT2D eigenvalue weighted by Crippen LogP contribution is 2.38. The molecule has 1 N–H and O–H groups in total. The lowest BCUT2D eigenvalue weighted by Crippen LogP contribution is -2.04. The maximum absolute atomic E-state index is 13.1. The van der Waals surface area contributed by atoms with Gasteiger partial charge in [-0.2, -0.15) is 0 Å². The fourth-order valence-electron chi connectivity index (χ4n) is 1.89. The molecule has 1 aliphatic rings. The number of nitrogens with one attached hydrogen (secondary N) is 1. The minimum Gasteiger partial charge on any atom is -0.366 e. The first-order valence-corrected chi connectivity index (χ1v) is 6.72. The summed E-state index contributed by atoms with van der Waals surface area (Å²) in [6.45, 7) is 0.342. The lowest BCUT2D eigenvalue weighted by Gasteiger charge is -2.08. The first-order valence-electron chi connectivity index (χ1n) is 6.34. The molecule has 2 aromatic rings. The highest BCUT2D eigenvalue weighted by Gasteiger charge is 2.27. The van der Waals surface area contributed by atoms with Crippen molar-refractivity contribution in [3.05, 3.63) is 52.4 Å². The van der Waals surface area contributed by atoms with Gasteiger partial charge < -0.3 is 5.32 Å². The number of rotatable bonds is 4. The van der Waals surface area contributed by atoms with E-state index in [2.05, 4.69) is 15.3 Å². The van der Waals surface area contributed by atoms with Crippen LogP contribution in [0.25, 0.3) is 0 Å². The second-order valence-corrected chi connectivity index (χ2v) is 5.20. The molecule has 0 radical (unpaired) electrons. The van der Waals surface area contributed by atoms with Crippen LogP contribution >= 0.6 is 11.6 Å². The molecule has 0 unspecified atom stereocenters. The van der Waals surface area contributed by atoms with Gasteiger partial charge in [0.2, 0.25) is 0 Å². The van der Waals surface area contributed by atoms with E-state index < -0.39 is 11.6 Å². The molecule has 1 fully saturated rings. The van der Waals surface area contributed by atoms with Gasteiger partial charge in [-0.3, -0.25) is 0 Å². The molecule has 0 amide bonds. The van der Waals surface area contributed by atoms with Crippen molar-refractivity contribution in [2.24, 2.45) is 0 Å². The maximum Gasteiger partial charge on any atom is 0.159 e. The number of hydrogen-bond donors (Lipinski definition) is 1. The summed E-state index contributed by atoms with van der Waals surface area (Å²) in [4.78, 5) is 8.56. The summed E-state index contributed by atoms with van der Waals surface area (Å²) in [5.74, 6) is 0.0259. The van der Waals surface area contributed by atoms with Gasteiger partial charge in [-0.05, 0) is 30.5 Å². The second-order valence-electron chi connectivity index (χ2n) is 4.81. The van der Waals surface area contributed by atoms with E-state index >= 15 is 0 Å². The lowest BCUT2D eigenvalue weighted by molar-refractivity contribution is 0.507. The maximum atomic E-state index is 13.1. The fourth-order valence-corrected chi connectivity index (χ4v) is 2.08. The summed E-state index contributed by atoms with van der Waals surface area (Å²) in [5.41, 5.74) is 0.631. The molecule has 0 aliphatic heterocycles. The third-order valence-corrected chi connectivity index (χ3v) is 3.31. The summed E-state index contributed by atoms with van der Waals surface area (Å²) >= 11 is 5.95. The van der Waals surface area contributed by atoms with Crippen LogP contribution in [0, 0.1) is 11.6 Å². The smallest absolute Gasteiger partial charge is 0.159 e. The standard InChI is InChI=1S/C14H12ClF2N3/c15-12-6-13(20-14(19-12)9-2-3-9)18-7-8-1-4-10(16)11(17)5-8/h1,4-6,9H,2-3,7H2,(H,18,19,20). The van der Waals surface area contributed by atoms with E-state index in [1.54, 1.807) is 6.07 Å². The minimum atomic E-state index is -0.858. The van der Waals surface area contributed by atoms with Gasteiger partial charge in [-0.1, -0.05) is 17.7 Å². The van der Waals surface area contributed by atoms with Gasteiger partial charge in [0.05, 0.1) is 0 Å². The Kier molecular flexibility index (Phi) is 3.53. The van der Waals surface area contributed by atoms with Crippen LogP contribution in [0.3, 0.4) is 0 Å². The van der Waals surface area contributed by atoms with Crippen molar-refractivity contribution < 1.29 is 8.78 Å². The van der Waals surface area contributed by atoms with Crippen molar-refractivity contribution in [3.8, 4) is 0 Å². The topological polar surface area (TPSA) is 37.8 Å². The zero-order valence-electron chi connectivity index (χ0n) is 10.5. The van der Waals surface area contributed by atoms with Crippen LogP contribution in [-0.2, 0) is 6.54 Å². The SMILES string of the molecule is Fc1ccc(CNc2cc(Cl)nc(C3CC3)n2)cc1F. The summed E-state index contributed by atoms with van der Waals surface area (Å²) < 4.78 is 25.9. The summed E-state index contributed by atoms with van der Waals surface area (Å²) in [7, 11) is 0. The van der Waals surface area contributed by atoms with Gasteiger partial charge >= 0.3 is 0 Å². The molecule has 0 bridgehead atoms. The van der Waals surface area contributed by atoms with Gasteiger partial charge in [0, 0.05) is 18.5 Å². The average molecular weight is 296 g/mol. The Labute approximate surface area is 120 Å². The Morgan fingerprint density at radius 1 is 1.15 bits per heavy atom. The normalized spacial score (nSPS) is 14.3. The van der Waals surface area contributed by atoms with Crippen molar-refractivity contribution in [1.82, 2.24) is 9.97 Å². The Bertz CT molecular complexity index is 644. The largest absolute Gasteiger partial charge is 0.366 e. The monoisotopic (exact) mass is 295 g/mol. The third-order valence-electron chi connectivity index (χ3n) is 3.11. The fraction of sp³-hybridized carbons (Fsp3) is 0.286. The minimum absolute atomic E-state index is 0.342. The molecule has 0 saturated heterocycles. The van der Waals surface area contributed by atoms with Crippen molar-refractivity contribution in [3.63, 3.8) is 0 Å². The van der Waals surface area contributed by atoms with Crippen LogP contribution in [-0.4, -0.2) is 9.97 Å². The van der Waals surface area contributed by atoms with Crippen LogP contribution in [0.4, 0.5) is 14.6 Å². The Balaban J connectivity index is 1.72. The molecule has 20 heavy (non-hydrogen) atoms. The van der Waals surface area contributed by atoms with Gasteiger partial charge in [-0.25, -0.2) is 18.7 Å². The van der Waals surface area contributed by atoms with Crippen molar-refractivity contribution in [2.45, 2.75) is 25.3 Å².